The Balaban J connectivity index is 2.26. The van der Waals surface area contributed by atoms with Gasteiger partial charge >= 0.3 is 0 Å². The molecule has 0 unspecified atom stereocenters. The van der Waals surface area contributed by atoms with E-state index in [2.05, 4.69) is 22.2 Å². The number of aliphatic imine (C=N–C) groups is 1. The van der Waals surface area contributed by atoms with Crippen molar-refractivity contribution >= 4 is 46.1 Å². The number of anilines is 1. The molecule has 0 atom stereocenters. The van der Waals surface area contributed by atoms with Crippen molar-refractivity contribution in [2.75, 3.05) is 12.4 Å². The van der Waals surface area contributed by atoms with E-state index < -0.39 is 0 Å². The van der Waals surface area contributed by atoms with Gasteiger partial charge in [-0.1, -0.05) is 41.5 Å². The number of rotatable bonds is 4. The minimum absolute atomic E-state index is 0.265. The first-order valence-electron chi connectivity index (χ1n) is 6.78. The van der Waals surface area contributed by atoms with Crippen molar-refractivity contribution in [3.05, 3.63) is 32.7 Å². The average Bonchev–Trinajstić information content (AvgIpc) is 2.79. The fourth-order valence-electron chi connectivity index (χ4n) is 1.90. The summed E-state index contributed by atoms with van der Waals surface area (Å²) >= 11 is 13.0. The van der Waals surface area contributed by atoms with Gasteiger partial charge in [0.25, 0.3) is 5.19 Å². The number of nitrogens with zero attached hydrogens (tertiary/aromatic N) is 2. The molecule has 0 saturated heterocycles. The number of halogens is 2. The SMILES string of the molecule is CCC(=NC)Nc1cc(C)c(Oc2nc(Cl)c(Cl)s2)cc1C. The van der Waals surface area contributed by atoms with Crippen LogP contribution in [-0.2, 0) is 0 Å². The van der Waals surface area contributed by atoms with E-state index in [-0.39, 0.29) is 5.15 Å². The third-order valence-electron chi connectivity index (χ3n) is 3.13. The molecule has 2 aromatic rings. The van der Waals surface area contributed by atoms with Gasteiger partial charge in [-0.05, 0) is 37.1 Å². The first-order chi connectivity index (χ1) is 10.4. The van der Waals surface area contributed by atoms with E-state index in [4.69, 9.17) is 27.9 Å². The molecule has 0 radical (unpaired) electrons. The summed E-state index contributed by atoms with van der Waals surface area (Å²) in [5.41, 5.74) is 3.06. The second-order valence-corrected chi connectivity index (χ2v) is 6.65. The molecule has 0 aliphatic rings. The third-order valence-corrected chi connectivity index (χ3v) is 4.75. The lowest BCUT2D eigenvalue weighted by molar-refractivity contribution is 0.475. The maximum atomic E-state index is 5.90. The topological polar surface area (TPSA) is 46.5 Å². The van der Waals surface area contributed by atoms with Crippen LogP contribution in [0.15, 0.2) is 17.1 Å². The van der Waals surface area contributed by atoms with E-state index in [1.807, 2.05) is 26.0 Å². The number of nitrogens with one attached hydrogen (secondary N) is 1. The normalized spacial score (nSPS) is 11.6. The van der Waals surface area contributed by atoms with Crippen LogP contribution < -0.4 is 10.1 Å². The summed E-state index contributed by atoms with van der Waals surface area (Å²) in [5, 5.41) is 4.03. The fourth-order valence-corrected chi connectivity index (χ4v) is 2.93. The molecule has 1 heterocycles. The molecule has 7 heteroatoms. The molecule has 0 fully saturated rings. The number of ether oxygens (including phenoxy) is 1. The molecule has 0 aliphatic heterocycles. The van der Waals surface area contributed by atoms with Crippen molar-refractivity contribution in [3.63, 3.8) is 0 Å². The molecule has 22 heavy (non-hydrogen) atoms. The second kappa shape index (κ2) is 7.31. The van der Waals surface area contributed by atoms with E-state index in [9.17, 15) is 0 Å². The van der Waals surface area contributed by atoms with Crippen LogP contribution in [0.3, 0.4) is 0 Å². The molecule has 1 aromatic heterocycles. The van der Waals surface area contributed by atoms with Crippen LogP contribution in [0, 0.1) is 13.8 Å². The van der Waals surface area contributed by atoms with Crippen LogP contribution in [-0.4, -0.2) is 17.9 Å². The lowest BCUT2D eigenvalue weighted by Crippen LogP contribution is -2.11. The zero-order valence-corrected chi connectivity index (χ0v) is 15.2. The monoisotopic (exact) mass is 357 g/mol. The summed E-state index contributed by atoms with van der Waals surface area (Å²) in [7, 11) is 1.78. The Bertz CT molecular complexity index is 694. The molecule has 118 valence electrons. The maximum absolute atomic E-state index is 5.90. The van der Waals surface area contributed by atoms with Crippen molar-refractivity contribution in [2.24, 2.45) is 4.99 Å². The van der Waals surface area contributed by atoms with Gasteiger partial charge in [0.1, 0.15) is 15.9 Å². The minimum Gasteiger partial charge on any atom is -0.431 e. The molecule has 4 nitrogen and oxygen atoms in total. The van der Waals surface area contributed by atoms with Crippen LogP contribution >= 0.6 is 34.5 Å². The predicted molar refractivity (Wildman–Crippen MR) is 95.4 cm³/mol. The number of benzene rings is 1. The maximum Gasteiger partial charge on any atom is 0.281 e. The standard InChI is InChI=1S/C15H17Cl2N3OS/c1-5-12(18-4)19-10-6-9(3)11(7-8(10)2)21-15-20-13(16)14(17)22-15/h6-7H,5H2,1-4H3,(H,18,19). The number of hydrogen-bond acceptors (Lipinski definition) is 4. The average molecular weight is 358 g/mol. The number of amidine groups is 1. The van der Waals surface area contributed by atoms with E-state index >= 15 is 0 Å². The predicted octanol–water partition coefficient (Wildman–Crippen LogP) is 5.71. The van der Waals surface area contributed by atoms with Gasteiger partial charge in [-0.2, -0.15) is 4.98 Å². The van der Waals surface area contributed by atoms with Crippen LogP contribution in [0.5, 0.6) is 10.9 Å². The second-order valence-electron chi connectivity index (χ2n) is 4.73. The first-order valence-corrected chi connectivity index (χ1v) is 8.35. The molecular weight excluding hydrogens is 341 g/mol. The Morgan fingerprint density at radius 1 is 1.32 bits per heavy atom. The largest absolute Gasteiger partial charge is 0.431 e. The number of hydrogen-bond donors (Lipinski definition) is 1. The van der Waals surface area contributed by atoms with E-state index in [1.165, 1.54) is 11.3 Å². The van der Waals surface area contributed by atoms with Crippen molar-refractivity contribution in [1.82, 2.24) is 4.98 Å². The number of aromatic nitrogens is 1. The van der Waals surface area contributed by atoms with Crippen molar-refractivity contribution in [1.29, 1.82) is 0 Å². The molecule has 0 amide bonds. The van der Waals surface area contributed by atoms with Crippen LogP contribution in [0.4, 0.5) is 5.69 Å². The Hall–Kier alpha value is -1.30. The van der Waals surface area contributed by atoms with E-state index in [1.54, 1.807) is 7.05 Å². The summed E-state index contributed by atoms with van der Waals surface area (Å²) in [4.78, 5) is 8.28. The summed E-state index contributed by atoms with van der Waals surface area (Å²) in [5.74, 6) is 1.67. The van der Waals surface area contributed by atoms with E-state index in [0.29, 0.717) is 9.53 Å². The quantitative estimate of drug-likeness (QED) is 0.562. The lowest BCUT2D eigenvalue weighted by atomic mass is 10.1. The highest BCUT2D eigenvalue weighted by Gasteiger charge is 2.12. The minimum atomic E-state index is 0.265. The lowest BCUT2D eigenvalue weighted by Gasteiger charge is -2.14. The van der Waals surface area contributed by atoms with E-state index in [0.717, 1.165) is 34.8 Å². The van der Waals surface area contributed by atoms with Gasteiger partial charge in [0.05, 0.1) is 0 Å². The van der Waals surface area contributed by atoms with Crippen LogP contribution in [0.2, 0.25) is 9.49 Å². The molecule has 0 bridgehead atoms. The van der Waals surface area contributed by atoms with Crippen LogP contribution in [0.1, 0.15) is 24.5 Å². The zero-order valence-electron chi connectivity index (χ0n) is 12.8. The Kier molecular flexibility index (Phi) is 5.67. The number of thiazole rings is 1. The summed E-state index contributed by atoms with van der Waals surface area (Å²) in [6, 6.07) is 3.99. The van der Waals surface area contributed by atoms with Gasteiger partial charge in [0, 0.05) is 19.2 Å². The van der Waals surface area contributed by atoms with Crippen molar-refractivity contribution in [2.45, 2.75) is 27.2 Å². The summed E-state index contributed by atoms with van der Waals surface area (Å²) in [6.07, 6.45) is 0.851. The molecule has 2 rings (SSSR count). The zero-order chi connectivity index (χ0) is 16.3. The molecule has 1 aromatic carbocycles. The van der Waals surface area contributed by atoms with Crippen LogP contribution in [0.25, 0.3) is 0 Å². The van der Waals surface area contributed by atoms with Crippen molar-refractivity contribution < 1.29 is 4.74 Å². The molecule has 0 spiro atoms. The van der Waals surface area contributed by atoms with Gasteiger partial charge in [0.2, 0.25) is 0 Å². The van der Waals surface area contributed by atoms with Gasteiger partial charge in [0.15, 0.2) is 5.15 Å². The first kappa shape index (κ1) is 17.1. The molecule has 0 saturated carbocycles. The third kappa shape index (κ3) is 3.91. The number of aryl methyl sites for hydroxylation is 2. The van der Waals surface area contributed by atoms with Gasteiger partial charge in [-0.25, -0.2) is 0 Å². The summed E-state index contributed by atoms with van der Waals surface area (Å²) < 4.78 is 6.21. The van der Waals surface area contributed by atoms with Gasteiger partial charge in [-0.15, -0.1) is 0 Å². The Morgan fingerprint density at radius 2 is 2.05 bits per heavy atom. The van der Waals surface area contributed by atoms with Crippen molar-refractivity contribution in [3.8, 4) is 10.9 Å². The summed E-state index contributed by atoms with van der Waals surface area (Å²) in [6.45, 7) is 6.05. The fraction of sp³-hybridized carbons (Fsp3) is 0.333. The Labute approximate surface area is 144 Å². The highest BCUT2D eigenvalue weighted by Crippen LogP contribution is 2.37. The van der Waals surface area contributed by atoms with Gasteiger partial charge < -0.3 is 10.1 Å². The smallest absolute Gasteiger partial charge is 0.281 e. The molecule has 0 aliphatic carbocycles. The van der Waals surface area contributed by atoms with Gasteiger partial charge in [-0.3, -0.25) is 4.99 Å². The highest BCUT2D eigenvalue weighted by atomic mass is 35.5. The molecule has 1 N–H and O–H groups in total. The highest BCUT2D eigenvalue weighted by molar-refractivity contribution is 7.18. The Morgan fingerprint density at radius 3 is 2.59 bits per heavy atom. The molecular formula is C15H17Cl2N3OS.